The Balaban J connectivity index is 1.58. The topological polar surface area (TPSA) is 93.7 Å². The van der Waals surface area contributed by atoms with Crippen LogP contribution in [0.4, 0.5) is 10.5 Å². The van der Waals surface area contributed by atoms with Gasteiger partial charge in [-0.05, 0) is 29.3 Å². The van der Waals surface area contributed by atoms with Gasteiger partial charge in [0.1, 0.15) is 12.6 Å². The second-order valence-corrected chi connectivity index (χ2v) is 8.07. The smallest absolute Gasteiger partial charge is 0.408 e. The zero-order chi connectivity index (χ0) is 24.3. The molecule has 0 aliphatic carbocycles. The SMILES string of the molecule is O=C(COC(=O)[C@H](Cc1ccccc1)NC(=O)OCc1ccccc1)Nc1cc(Cl)ccc1Cl. The van der Waals surface area contributed by atoms with Gasteiger partial charge < -0.3 is 20.1 Å². The molecule has 0 unspecified atom stereocenters. The Morgan fingerprint density at radius 2 is 1.47 bits per heavy atom. The first-order valence-corrected chi connectivity index (χ1v) is 11.1. The number of rotatable bonds is 9. The highest BCUT2D eigenvalue weighted by atomic mass is 35.5. The molecular formula is C25H22Cl2N2O5. The molecule has 0 aromatic heterocycles. The van der Waals surface area contributed by atoms with Gasteiger partial charge in [0, 0.05) is 11.4 Å². The van der Waals surface area contributed by atoms with Crippen LogP contribution in [0, 0.1) is 0 Å². The number of benzene rings is 3. The lowest BCUT2D eigenvalue weighted by molar-refractivity contribution is -0.149. The minimum absolute atomic E-state index is 0.0442. The normalized spacial score (nSPS) is 11.2. The summed E-state index contributed by atoms with van der Waals surface area (Å²) >= 11 is 11.9. The standard InChI is InChI=1S/C25H22Cl2N2O5/c26-19-11-12-20(27)21(14-19)28-23(30)16-33-24(31)22(13-17-7-3-1-4-8-17)29-25(32)34-15-18-9-5-2-6-10-18/h1-12,14,22H,13,15-16H2,(H,28,30)(H,29,32)/t22-/m0/s1. The van der Waals surface area contributed by atoms with Crippen molar-refractivity contribution in [2.45, 2.75) is 19.1 Å². The maximum absolute atomic E-state index is 12.7. The molecule has 3 aromatic rings. The summed E-state index contributed by atoms with van der Waals surface area (Å²) in [5.41, 5.74) is 1.89. The van der Waals surface area contributed by atoms with E-state index in [1.54, 1.807) is 6.07 Å². The molecule has 34 heavy (non-hydrogen) atoms. The van der Waals surface area contributed by atoms with E-state index in [-0.39, 0.29) is 18.1 Å². The lowest BCUT2D eigenvalue weighted by Gasteiger charge is -2.18. The number of alkyl carbamates (subject to hydrolysis) is 1. The van der Waals surface area contributed by atoms with Crippen LogP contribution >= 0.6 is 23.2 Å². The van der Waals surface area contributed by atoms with Crippen molar-refractivity contribution in [2.75, 3.05) is 11.9 Å². The Hall–Kier alpha value is -3.55. The van der Waals surface area contributed by atoms with Gasteiger partial charge in [0.2, 0.25) is 0 Å². The average Bonchev–Trinajstić information content (AvgIpc) is 2.84. The molecule has 9 heteroatoms. The second kappa shape index (κ2) is 12.6. The Kier molecular flexibility index (Phi) is 9.31. The number of esters is 1. The molecule has 1 atom stereocenters. The molecule has 7 nitrogen and oxygen atoms in total. The molecule has 0 saturated heterocycles. The highest BCUT2D eigenvalue weighted by Crippen LogP contribution is 2.25. The highest BCUT2D eigenvalue weighted by Gasteiger charge is 2.24. The van der Waals surface area contributed by atoms with E-state index in [9.17, 15) is 14.4 Å². The summed E-state index contributed by atoms with van der Waals surface area (Å²) in [5, 5.41) is 5.72. The monoisotopic (exact) mass is 500 g/mol. The van der Waals surface area contributed by atoms with Crippen LogP contribution in [-0.2, 0) is 32.1 Å². The lowest BCUT2D eigenvalue weighted by atomic mass is 10.1. The van der Waals surface area contributed by atoms with Crippen molar-refractivity contribution in [3.63, 3.8) is 0 Å². The predicted molar refractivity (Wildman–Crippen MR) is 130 cm³/mol. The quantitative estimate of drug-likeness (QED) is 0.402. The zero-order valence-corrected chi connectivity index (χ0v) is 19.5. The van der Waals surface area contributed by atoms with Crippen LogP contribution in [0.15, 0.2) is 78.9 Å². The Labute approximate surface area is 207 Å². The number of hydrogen-bond donors (Lipinski definition) is 2. The van der Waals surface area contributed by atoms with Crippen molar-refractivity contribution in [3.8, 4) is 0 Å². The van der Waals surface area contributed by atoms with Crippen molar-refractivity contribution in [1.82, 2.24) is 5.32 Å². The van der Waals surface area contributed by atoms with Crippen molar-refractivity contribution >= 4 is 46.9 Å². The fraction of sp³-hybridized carbons (Fsp3) is 0.160. The van der Waals surface area contributed by atoms with Crippen molar-refractivity contribution in [1.29, 1.82) is 0 Å². The molecule has 2 amide bonds. The maximum Gasteiger partial charge on any atom is 0.408 e. The Morgan fingerprint density at radius 1 is 0.824 bits per heavy atom. The van der Waals surface area contributed by atoms with Crippen molar-refractivity contribution in [2.24, 2.45) is 0 Å². The lowest BCUT2D eigenvalue weighted by Crippen LogP contribution is -2.44. The van der Waals surface area contributed by atoms with E-state index in [1.165, 1.54) is 12.1 Å². The zero-order valence-electron chi connectivity index (χ0n) is 18.0. The van der Waals surface area contributed by atoms with E-state index in [1.807, 2.05) is 60.7 Å². The fourth-order valence-corrected chi connectivity index (χ4v) is 3.30. The van der Waals surface area contributed by atoms with Crippen LogP contribution in [0.1, 0.15) is 11.1 Å². The van der Waals surface area contributed by atoms with Gasteiger partial charge in [0.15, 0.2) is 6.61 Å². The number of ether oxygens (including phenoxy) is 2. The highest BCUT2D eigenvalue weighted by molar-refractivity contribution is 6.35. The van der Waals surface area contributed by atoms with Crippen LogP contribution in [0.3, 0.4) is 0 Å². The van der Waals surface area contributed by atoms with E-state index in [2.05, 4.69) is 10.6 Å². The number of anilines is 1. The first-order valence-electron chi connectivity index (χ1n) is 10.3. The summed E-state index contributed by atoms with van der Waals surface area (Å²) in [4.78, 5) is 37.3. The summed E-state index contributed by atoms with van der Waals surface area (Å²) in [6.45, 7) is -0.531. The minimum Gasteiger partial charge on any atom is -0.454 e. The molecule has 0 saturated carbocycles. The Morgan fingerprint density at radius 3 is 2.15 bits per heavy atom. The third-order valence-electron chi connectivity index (χ3n) is 4.62. The molecule has 2 N–H and O–H groups in total. The summed E-state index contributed by atoms with van der Waals surface area (Å²) in [6, 6.07) is 21.7. The Bertz CT molecular complexity index is 1130. The molecule has 0 bridgehead atoms. The fourth-order valence-electron chi connectivity index (χ4n) is 2.97. The summed E-state index contributed by atoms with van der Waals surface area (Å²) in [7, 11) is 0. The number of nitrogens with one attached hydrogen (secondary N) is 2. The van der Waals surface area contributed by atoms with Crippen LogP contribution in [0.2, 0.25) is 10.0 Å². The number of hydrogen-bond acceptors (Lipinski definition) is 5. The van der Waals surface area contributed by atoms with E-state index < -0.39 is 30.6 Å². The first-order chi connectivity index (χ1) is 16.4. The molecule has 0 spiro atoms. The minimum atomic E-state index is -1.06. The summed E-state index contributed by atoms with van der Waals surface area (Å²) < 4.78 is 10.4. The molecular weight excluding hydrogens is 479 g/mol. The number of carbonyl (C=O) groups is 3. The van der Waals surface area contributed by atoms with E-state index >= 15 is 0 Å². The van der Waals surface area contributed by atoms with E-state index in [0.717, 1.165) is 11.1 Å². The summed E-state index contributed by atoms with van der Waals surface area (Å²) in [5.74, 6) is -1.39. The third kappa shape index (κ3) is 8.10. The first kappa shape index (κ1) is 25.1. The molecule has 3 rings (SSSR count). The van der Waals surface area contributed by atoms with Gasteiger partial charge in [0.25, 0.3) is 5.91 Å². The van der Waals surface area contributed by atoms with Gasteiger partial charge in [0.05, 0.1) is 10.7 Å². The molecule has 3 aromatic carbocycles. The third-order valence-corrected chi connectivity index (χ3v) is 5.18. The van der Waals surface area contributed by atoms with Crippen LogP contribution in [0.25, 0.3) is 0 Å². The number of amides is 2. The van der Waals surface area contributed by atoms with Gasteiger partial charge in [-0.2, -0.15) is 0 Å². The van der Waals surface area contributed by atoms with Crippen molar-refractivity contribution < 1.29 is 23.9 Å². The number of carbonyl (C=O) groups excluding carboxylic acids is 3. The molecule has 176 valence electrons. The van der Waals surface area contributed by atoms with Gasteiger partial charge in [-0.3, -0.25) is 4.79 Å². The number of halogens is 2. The molecule has 0 heterocycles. The average molecular weight is 501 g/mol. The molecule has 0 fully saturated rings. The van der Waals surface area contributed by atoms with Crippen LogP contribution in [0.5, 0.6) is 0 Å². The van der Waals surface area contributed by atoms with Gasteiger partial charge >= 0.3 is 12.1 Å². The predicted octanol–water partition coefficient (Wildman–Crippen LogP) is 5.01. The van der Waals surface area contributed by atoms with Gasteiger partial charge in [-0.25, -0.2) is 9.59 Å². The van der Waals surface area contributed by atoms with E-state index in [0.29, 0.717) is 10.7 Å². The molecule has 0 aliphatic rings. The van der Waals surface area contributed by atoms with Crippen molar-refractivity contribution in [3.05, 3.63) is 100 Å². The van der Waals surface area contributed by atoms with E-state index in [4.69, 9.17) is 32.7 Å². The maximum atomic E-state index is 12.7. The summed E-state index contributed by atoms with van der Waals surface area (Å²) in [6.07, 6.45) is -0.626. The van der Waals surface area contributed by atoms with Gasteiger partial charge in [-0.1, -0.05) is 83.9 Å². The van der Waals surface area contributed by atoms with Gasteiger partial charge in [-0.15, -0.1) is 0 Å². The van der Waals surface area contributed by atoms with Crippen LogP contribution in [-0.4, -0.2) is 30.6 Å². The van der Waals surface area contributed by atoms with Crippen LogP contribution < -0.4 is 10.6 Å². The molecule has 0 aliphatic heterocycles. The second-order valence-electron chi connectivity index (χ2n) is 7.23. The molecule has 0 radical (unpaired) electrons. The largest absolute Gasteiger partial charge is 0.454 e.